The minimum absolute atomic E-state index is 0.0483. The predicted molar refractivity (Wildman–Crippen MR) is 80.1 cm³/mol. The molecule has 1 aliphatic rings. The summed E-state index contributed by atoms with van der Waals surface area (Å²) in [5, 5.41) is 22.3. The first kappa shape index (κ1) is 17.9. The molecule has 0 spiro atoms. The summed E-state index contributed by atoms with van der Waals surface area (Å²) in [6.07, 6.45) is 1.25. The van der Waals surface area contributed by atoms with Crippen molar-refractivity contribution in [3.05, 3.63) is 28.3 Å². The monoisotopic (exact) mass is 345 g/mol. The van der Waals surface area contributed by atoms with E-state index in [1.165, 1.54) is 4.90 Å². The van der Waals surface area contributed by atoms with Gasteiger partial charge in [-0.25, -0.2) is 4.79 Å². The summed E-state index contributed by atoms with van der Waals surface area (Å²) in [4.78, 5) is 23.8. The van der Waals surface area contributed by atoms with Crippen molar-refractivity contribution < 1.29 is 28.3 Å². The Morgan fingerprint density at radius 1 is 1.46 bits per heavy atom. The number of carbonyl (C=O) groups is 1. The third kappa shape index (κ3) is 4.51. The molecule has 1 aromatic carbocycles. The van der Waals surface area contributed by atoms with Crippen LogP contribution in [0.4, 0.5) is 25.0 Å². The normalized spacial score (nSPS) is 15.4. The van der Waals surface area contributed by atoms with E-state index >= 15 is 0 Å². The summed E-state index contributed by atoms with van der Waals surface area (Å²) in [5.74, 6) is -0.223. The fourth-order valence-corrected chi connectivity index (χ4v) is 2.44. The van der Waals surface area contributed by atoms with Gasteiger partial charge in [-0.2, -0.15) is 8.78 Å². The molecule has 0 unspecified atom stereocenters. The second-order valence-electron chi connectivity index (χ2n) is 5.36. The number of hydrogen-bond acceptors (Lipinski definition) is 5. The molecule has 8 nitrogen and oxygen atoms in total. The lowest BCUT2D eigenvalue weighted by atomic mass is 9.98. The smallest absolute Gasteiger partial charge is 0.387 e. The zero-order valence-electron chi connectivity index (χ0n) is 12.7. The molecule has 1 aromatic rings. The Morgan fingerprint density at radius 2 is 2.12 bits per heavy atom. The molecule has 2 amide bonds. The SMILES string of the molecule is O=C(Nc1cc([N+](=O)[O-])ccc1OC(F)F)N1CCC(CO)CC1. The van der Waals surface area contributed by atoms with E-state index in [2.05, 4.69) is 10.1 Å². The average molecular weight is 345 g/mol. The number of aliphatic hydroxyl groups excluding tert-OH is 1. The summed E-state index contributed by atoms with van der Waals surface area (Å²) in [5.41, 5.74) is -0.551. The molecule has 1 aliphatic heterocycles. The summed E-state index contributed by atoms with van der Waals surface area (Å²) in [6.45, 7) is -2.27. The number of hydrogen-bond donors (Lipinski definition) is 2. The molecule has 1 heterocycles. The van der Waals surface area contributed by atoms with E-state index in [4.69, 9.17) is 5.11 Å². The number of carbonyl (C=O) groups excluding carboxylic acids is 1. The molecule has 0 radical (unpaired) electrons. The van der Waals surface area contributed by atoms with Crippen LogP contribution in [-0.2, 0) is 0 Å². The fraction of sp³-hybridized carbons (Fsp3) is 0.500. The highest BCUT2D eigenvalue weighted by atomic mass is 19.3. The topological polar surface area (TPSA) is 105 Å². The second-order valence-corrected chi connectivity index (χ2v) is 5.36. The lowest BCUT2D eigenvalue weighted by Crippen LogP contribution is -2.41. The van der Waals surface area contributed by atoms with Gasteiger partial charge in [0.1, 0.15) is 5.75 Å². The van der Waals surface area contributed by atoms with Crippen LogP contribution in [0.15, 0.2) is 18.2 Å². The van der Waals surface area contributed by atoms with Gasteiger partial charge in [0.05, 0.1) is 10.6 Å². The Labute approximate surface area is 136 Å². The van der Waals surface area contributed by atoms with Gasteiger partial charge in [-0.1, -0.05) is 0 Å². The van der Waals surface area contributed by atoms with Gasteiger partial charge in [-0.3, -0.25) is 10.1 Å². The molecule has 24 heavy (non-hydrogen) atoms. The average Bonchev–Trinajstić information content (AvgIpc) is 2.55. The van der Waals surface area contributed by atoms with Crippen LogP contribution in [-0.4, -0.2) is 47.3 Å². The number of non-ortho nitro benzene ring substituents is 1. The number of benzene rings is 1. The van der Waals surface area contributed by atoms with Crippen LogP contribution in [0.5, 0.6) is 5.75 Å². The van der Waals surface area contributed by atoms with E-state index in [0.29, 0.717) is 25.9 Å². The van der Waals surface area contributed by atoms with Gasteiger partial charge in [0, 0.05) is 31.8 Å². The number of nitro groups is 1. The van der Waals surface area contributed by atoms with Crippen LogP contribution < -0.4 is 10.1 Å². The highest BCUT2D eigenvalue weighted by Crippen LogP contribution is 2.31. The van der Waals surface area contributed by atoms with Crippen molar-refractivity contribution in [3.8, 4) is 5.75 Å². The molecule has 132 valence electrons. The van der Waals surface area contributed by atoms with Crippen molar-refractivity contribution in [1.82, 2.24) is 4.90 Å². The minimum atomic E-state index is -3.12. The van der Waals surface area contributed by atoms with Gasteiger partial charge in [0.25, 0.3) is 5.69 Å². The number of amides is 2. The second kappa shape index (κ2) is 7.86. The zero-order valence-corrected chi connectivity index (χ0v) is 12.7. The van der Waals surface area contributed by atoms with Gasteiger partial charge in [0.2, 0.25) is 0 Å². The van der Waals surface area contributed by atoms with Gasteiger partial charge in [0.15, 0.2) is 0 Å². The number of urea groups is 1. The van der Waals surface area contributed by atoms with Crippen molar-refractivity contribution in [1.29, 1.82) is 0 Å². The van der Waals surface area contributed by atoms with Gasteiger partial charge in [-0.15, -0.1) is 0 Å². The molecular weight excluding hydrogens is 328 g/mol. The number of aliphatic hydroxyl groups is 1. The number of likely N-dealkylation sites (tertiary alicyclic amines) is 1. The summed E-state index contributed by atoms with van der Waals surface area (Å²) in [6, 6.07) is 2.43. The molecule has 0 aliphatic carbocycles. The highest BCUT2D eigenvalue weighted by Gasteiger charge is 2.24. The van der Waals surface area contributed by atoms with E-state index in [9.17, 15) is 23.7 Å². The van der Waals surface area contributed by atoms with Crippen molar-refractivity contribution >= 4 is 17.4 Å². The van der Waals surface area contributed by atoms with Crippen molar-refractivity contribution in [2.45, 2.75) is 19.5 Å². The van der Waals surface area contributed by atoms with Crippen molar-refractivity contribution in [2.75, 3.05) is 25.0 Å². The number of nitrogens with one attached hydrogen (secondary N) is 1. The summed E-state index contributed by atoms with van der Waals surface area (Å²) < 4.78 is 29.1. The number of ether oxygens (including phenoxy) is 1. The molecule has 0 saturated carbocycles. The van der Waals surface area contributed by atoms with E-state index in [-0.39, 0.29) is 29.6 Å². The quantitative estimate of drug-likeness (QED) is 0.630. The molecule has 1 saturated heterocycles. The maximum absolute atomic E-state index is 12.4. The van der Waals surface area contributed by atoms with E-state index < -0.39 is 17.6 Å². The Morgan fingerprint density at radius 3 is 2.67 bits per heavy atom. The van der Waals surface area contributed by atoms with Gasteiger partial charge < -0.3 is 20.1 Å². The van der Waals surface area contributed by atoms with Crippen molar-refractivity contribution in [3.63, 3.8) is 0 Å². The molecule has 0 atom stereocenters. The largest absolute Gasteiger partial charge is 0.433 e. The molecule has 1 fully saturated rings. The standard InChI is InChI=1S/C14H17F2N3O5/c15-13(16)24-12-2-1-10(19(22)23)7-11(12)17-14(21)18-5-3-9(8-20)4-6-18/h1-2,7,9,13,20H,3-6,8H2,(H,17,21). The number of nitrogens with zero attached hydrogens (tertiary/aromatic N) is 2. The predicted octanol–water partition coefficient (Wildman–Crippen LogP) is 2.43. The molecule has 2 rings (SSSR count). The van der Waals surface area contributed by atoms with E-state index in [1.54, 1.807) is 0 Å². The molecule has 2 N–H and O–H groups in total. The lowest BCUT2D eigenvalue weighted by molar-refractivity contribution is -0.384. The van der Waals surface area contributed by atoms with Crippen LogP contribution in [0, 0.1) is 16.0 Å². The highest BCUT2D eigenvalue weighted by molar-refractivity contribution is 5.91. The van der Waals surface area contributed by atoms with Gasteiger partial charge in [-0.05, 0) is 24.8 Å². The van der Waals surface area contributed by atoms with Crippen LogP contribution in [0.3, 0.4) is 0 Å². The molecule has 0 aromatic heterocycles. The maximum atomic E-state index is 12.4. The van der Waals surface area contributed by atoms with Gasteiger partial charge >= 0.3 is 12.6 Å². The Bertz CT molecular complexity index is 606. The summed E-state index contributed by atoms with van der Waals surface area (Å²) >= 11 is 0. The molecule has 10 heteroatoms. The minimum Gasteiger partial charge on any atom is -0.433 e. The number of alkyl halides is 2. The maximum Gasteiger partial charge on any atom is 0.387 e. The lowest BCUT2D eigenvalue weighted by Gasteiger charge is -2.31. The van der Waals surface area contributed by atoms with Crippen LogP contribution in [0.2, 0.25) is 0 Å². The molecular formula is C14H17F2N3O5. The number of anilines is 1. The fourth-order valence-electron chi connectivity index (χ4n) is 2.44. The first-order chi connectivity index (χ1) is 11.4. The number of piperidine rings is 1. The van der Waals surface area contributed by atoms with E-state index in [1.807, 2.05) is 0 Å². The van der Waals surface area contributed by atoms with Crippen LogP contribution in [0.25, 0.3) is 0 Å². The molecule has 0 bridgehead atoms. The Kier molecular flexibility index (Phi) is 5.85. The van der Waals surface area contributed by atoms with Crippen LogP contribution in [0.1, 0.15) is 12.8 Å². The summed E-state index contributed by atoms with van der Waals surface area (Å²) in [7, 11) is 0. The van der Waals surface area contributed by atoms with Crippen molar-refractivity contribution in [2.24, 2.45) is 5.92 Å². The number of rotatable bonds is 5. The Hall–Kier alpha value is -2.49. The third-order valence-electron chi connectivity index (χ3n) is 3.79. The van der Waals surface area contributed by atoms with Crippen LogP contribution >= 0.6 is 0 Å². The van der Waals surface area contributed by atoms with E-state index in [0.717, 1.165) is 18.2 Å². The first-order valence-electron chi connectivity index (χ1n) is 7.30. The third-order valence-corrected chi connectivity index (χ3v) is 3.79. The number of halogens is 2. The zero-order chi connectivity index (χ0) is 17.7. The Balaban J connectivity index is 2.12. The number of nitro benzene ring substituents is 1. The first-order valence-corrected chi connectivity index (χ1v) is 7.30.